The van der Waals surface area contributed by atoms with Gasteiger partial charge in [0.25, 0.3) is 5.91 Å². The Morgan fingerprint density at radius 2 is 1.93 bits per heavy atom. The fourth-order valence-electron chi connectivity index (χ4n) is 2.08. The fraction of sp³-hybridized carbons (Fsp3) is 0.167. The topological polar surface area (TPSA) is 119 Å². The van der Waals surface area contributed by atoms with Crippen molar-refractivity contribution in [3.63, 3.8) is 0 Å². The second-order valence-electron chi connectivity index (χ2n) is 5.28. The number of carbonyl (C=O) groups is 3. The van der Waals surface area contributed by atoms with Crippen LogP contribution in [0.2, 0.25) is 5.02 Å². The van der Waals surface area contributed by atoms with E-state index in [0.717, 1.165) is 6.08 Å². The molecule has 0 saturated carbocycles. The predicted molar refractivity (Wildman–Crippen MR) is 100 cm³/mol. The summed E-state index contributed by atoms with van der Waals surface area (Å²) in [5.41, 5.74) is 4.66. The van der Waals surface area contributed by atoms with Crippen molar-refractivity contribution in [3.8, 4) is 11.5 Å². The Labute approximate surface area is 165 Å². The number of hydrogen-bond donors (Lipinski definition) is 3. The third-order valence-electron chi connectivity index (χ3n) is 3.39. The van der Waals surface area contributed by atoms with Gasteiger partial charge in [-0.3, -0.25) is 25.2 Å². The van der Waals surface area contributed by atoms with Gasteiger partial charge < -0.3 is 19.2 Å². The Morgan fingerprint density at radius 1 is 1.14 bits per heavy atom. The number of rotatable bonds is 6. The van der Waals surface area contributed by atoms with Crippen LogP contribution in [-0.4, -0.2) is 31.9 Å². The van der Waals surface area contributed by atoms with Crippen molar-refractivity contribution in [2.45, 2.75) is 6.54 Å². The van der Waals surface area contributed by atoms with Gasteiger partial charge >= 0.3 is 11.8 Å². The van der Waals surface area contributed by atoms with Crippen molar-refractivity contribution in [1.29, 1.82) is 0 Å². The van der Waals surface area contributed by atoms with Crippen molar-refractivity contribution >= 4 is 35.4 Å². The molecule has 3 amide bonds. The van der Waals surface area contributed by atoms with Gasteiger partial charge in [-0.1, -0.05) is 11.6 Å². The summed E-state index contributed by atoms with van der Waals surface area (Å²) in [7, 11) is 2.92. The molecule has 28 heavy (non-hydrogen) atoms. The Balaban J connectivity index is 1.85. The van der Waals surface area contributed by atoms with E-state index in [2.05, 4.69) is 10.7 Å². The number of hydrogen-bond acceptors (Lipinski definition) is 6. The van der Waals surface area contributed by atoms with E-state index >= 15 is 0 Å². The molecule has 0 saturated heterocycles. The largest absolute Gasteiger partial charge is 0.493 e. The molecule has 2 aromatic rings. The van der Waals surface area contributed by atoms with Crippen LogP contribution in [0.1, 0.15) is 11.3 Å². The number of furan rings is 1. The lowest BCUT2D eigenvalue weighted by atomic mass is 10.2. The quantitative estimate of drug-likeness (QED) is 0.378. The minimum atomic E-state index is -1.03. The van der Waals surface area contributed by atoms with Gasteiger partial charge in [-0.15, -0.1) is 0 Å². The lowest BCUT2D eigenvalue weighted by molar-refractivity contribution is -0.140. The molecule has 1 aromatic carbocycles. The van der Waals surface area contributed by atoms with Gasteiger partial charge in [0.1, 0.15) is 5.76 Å². The molecule has 10 heteroatoms. The van der Waals surface area contributed by atoms with Gasteiger partial charge in [0, 0.05) is 6.08 Å². The number of amides is 3. The normalized spacial score (nSPS) is 10.4. The minimum Gasteiger partial charge on any atom is -0.493 e. The molecule has 0 aliphatic carbocycles. The van der Waals surface area contributed by atoms with Gasteiger partial charge in [0.05, 0.1) is 32.1 Å². The number of nitrogens with one attached hydrogen (secondary N) is 3. The SMILES string of the molecule is COc1cc(/C=C/C(=O)NNC(=O)C(=O)NCc2ccco2)cc(Cl)c1OC. The van der Waals surface area contributed by atoms with Crippen LogP contribution >= 0.6 is 11.6 Å². The molecular formula is C18H18ClN3O6. The first kappa shape index (κ1) is 20.8. The van der Waals surface area contributed by atoms with Crippen molar-refractivity contribution in [2.24, 2.45) is 0 Å². The molecule has 9 nitrogen and oxygen atoms in total. The van der Waals surface area contributed by atoms with E-state index in [9.17, 15) is 14.4 Å². The summed E-state index contributed by atoms with van der Waals surface area (Å²) in [6.07, 6.45) is 4.05. The van der Waals surface area contributed by atoms with Crippen molar-refractivity contribution in [1.82, 2.24) is 16.2 Å². The standard InChI is InChI=1S/C18H18ClN3O6/c1-26-14-9-11(8-13(19)16(14)27-2)5-6-15(23)21-22-18(25)17(24)20-10-12-4-3-7-28-12/h3-9H,10H2,1-2H3,(H,20,24)(H,21,23)(H,22,25)/b6-5+. The summed E-state index contributed by atoms with van der Waals surface area (Å²) in [4.78, 5) is 35.1. The highest BCUT2D eigenvalue weighted by molar-refractivity contribution is 6.35. The number of ether oxygens (including phenoxy) is 2. The summed E-state index contributed by atoms with van der Waals surface area (Å²) in [6, 6.07) is 6.49. The van der Waals surface area contributed by atoms with E-state index in [-0.39, 0.29) is 6.54 Å². The van der Waals surface area contributed by atoms with Crippen LogP contribution in [0.5, 0.6) is 11.5 Å². The number of methoxy groups -OCH3 is 2. The summed E-state index contributed by atoms with van der Waals surface area (Å²) >= 11 is 6.09. The van der Waals surface area contributed by atoms with Gasteiger partial charge in [0.15, 0.2) is 11.5 Å². The van der Waals surface area contributed by atoms with Crippen LogP contribution in [-0.2, 0) is 20.9 Å². The Hall–Kier alpha value is -3.46. The second-order valence-corrected chi connectivity index (χ2v) is 5.68. The van der Waals surface area contributed by atoms with Crippen LogP contribution in [0, 0.1) is 0 Å². The lowest BCUT2D eigenvalue weighted by Gasteiger charge is -2.10. The minimum absolute atomic E-state index is 0.0488. The van der Waals surface area contributed by atoms with Crippen molar-refractivity contribution in [2.75, 3.05) is 14.2 Å². The highest BCUT2D eigenvalue weighted by Gasteiger charge is 2.14. The zero-order chi connectivity index (χ0) is 20.5. The van der Waals surface area contributed by atoms with E-state index in [4.69, 9.17) is 25.5 Å². The average molecular weight is 408 g/mol. The van der Waals surface area contributed by atoms with E-state index in [1.807, 2.05) is 5.43 Å². The summed E-state index contributed by atoms with van der Waals surface area (Å²) in [5.74, 6) is -1.34. The van der Waals surface area contributed by atoms with Crippen molar-refractivity contribution in [3.05, 3.63) is 53.0 Å². The smallest absolute Gasteiger partial charge is 0.327 e. The number of carbonyl (C=O) groups excluding carboxylic acids is 3. The average Bonchev–Trinajstić information content (AvgIpc) is 3.21. The first-order valence-corrected chi connectivity index (χ1v) is 8.32. The Morgan fingerprint density at radius 3 is 2.57 bits per heavy atom. The summed E-state index contributed by atoms with van der Waals surface area (Å²) < 4.78 is 15.3. The third kappa shape index (κ3) is 5.78. The number of benzene rings is 1. The molecule has 0 atom stereocenters. The fourth-order valence-corrected chi connectivity index (χ4v) is 2.38. The number of halogens is 1. The zero-order valence-corrected chi connectivity index (χ0v) is 15.8. The molecule has 1 heterocycles. The third-order valence-corrected chi connectivity index (χ3v) is 3.67. The molecule has 0 aliphatic rings. The molecule has 0 radical (unpaired) electrons. The van der Waals surface area contributed by atoms with Gasteiger partial charge in [-0.2, -0.15) is 0 Å². The Kier molecular flexibility index (Phi) is 7.46. The first-order valence-electron chi connectivity index (χ1n) is 7.94. The van der Waals surface area contributed by atoms with Crippen LogP contribution < -0.4 is 25.6 Å². The predicted octanol–water partition coefficient (Wildman–Crippen LogP) is 1.43. The second kappa shape index (κ2) is 10.0. The zero-order valence-electron chi connectivity index (χ0n) is 15.1. The van der Waals surface area contributed by atoms with Crippen LogP contribution in [0.4, 0.5) is 0 Å². The molecule has 3 N–H and O–H groups in total. The monoisotopic (exact) mass is 407 g/mol. The van der Waals surface area contributed by atoms with Crippen LogP contribution in [0.25, 0.3) is 6.08 Å². The molecule has 0 aliphatic heterocycles. The maximum atomic E-state index is 11.8. The Bertz CT molecular complexity index is 880. The van der Waals surface area contributed by atoms with Crippen LogP contribution in [0.3, 0.4) is 0 Å². The van der Waals surface area contributed by atoms with Crippen LogP contribution in [0.15, 0.2) is 41.0 Å². The lowest BCUT2D eigenvalue weighted by Crippen LogP contribution is -2.47. The maximum absolute atomic E-state index is 11.8. The van der Waals surface area contributed by atoms with Gasteiger partial charge in [-0.25, -0.2) is 0 Å². The molecule has 1 aromatic heterocycles. The molecule has 148 valence electrons. The molecule has 0 unspecified atom stereocenters. The summed E-state index contributed by atoms with van der Waals surface area (Å²) in [5, 5.41) is 2.65. The molecule has 2 rings (SSSR count). The molecule has 0 fully saturated rings. The van der Waals surface area contributed by atoms with Gasteiger partial charge in [0.2, 0.25) is 0 Å². The first-order chi connectivity index (χ1) is 13.4. The number of hydrazine groups is 1. The molecule has 0 spiro atoms. The van der Waals surface area contributed by atoms with E-state index in [1.165, 1.54) is 26.6 Å². The van der Waals surface area contributed by atoms with Gasteiger partial charge in [-0.05, 0) is 35.9 Å². The van der Waals surface area contributed by atoms with E-state index in [1.54, 1.807) is 24.3 Å². The summed E-state index contributed by atoms with van der Waals surface area (Å²) in [6.45, 7) is 0.0488. The highest BCUT2D eigenvalue weighted by Crippen LogP contribution is 2.36. The maximum Gasteiger partial charge on any atom is 0.327 e. The molecule has 0 bridgehead atoms. The highest BCUT2D eigenvalue weighted by atomic mass is 35.5. The van der Waals surface area contributed by atoms with E-state index in [0.29, 0.717) is 27.8 Å². The van der Waals surface area contributed by atoms with E-state index < -0.39 is 17.7 Å². The van der Waals surface area contributed by atoms with Crippen molar-refractivity contribution < 1.29 is 28.3 Å². The molecular weight excluding hydrogens is 390 g/mol.